The molecule has 0 saturated carbocycles. The molecule has 2 rings (SSSR count). The van der Waals surface area contributed by atoms with E-state index < -0.39 is 10.0 Å². The maximum Gasteiger partial charge on any atom is 0.240 e. The third-order valence-electron chi connectivity index (χ3n) is 2.48. The van der Waals surface area contributed by atoms with Crippen LogP contribution in [0.15, 0.2) is 41.3 Å². The van der Waals surface area contributed by atoms with E-state index in [1.54, 1.807) is 31.2 Å². The molecule has 0 spiro atoms. The number of nitrogen functional groups attached to an aromatic ring is 1. The summed E-state index contributed by atoms with van der Waals surface area (Å²) in [6.45, 7) is 2.13. The van der Waals surface area contributed by atoms with Crippen molar-refractivity contribution >= 4 is 26.5 Å². The van der Waals surface area contributed by atoms with Gasteiger partial charge >= 0.3 is 0 Å². The number of benzene rings is 2. The Labute approximate surface area is 100 Å². The van der Waals surface area contributed by atoms with E-state index in [0.717, 1.165) is 10.8 Å². The maximum atomic E-state index is 11.8. The smallest absolute Gasteiger partial charge is 0.240 e. The number of anilines is 1. The second-order valence-electron chi connectivity index (χ2n) is 3.77. The molecule has 0 aliphatic carbocycles. The first-order valence-corrected chi connectivity index (χ1v) is 6.80. The highest BCUT2D eigenvalue weighted by Crippen LogP contribution is 2.21. The quantitative estimate of drug-likeness (QED) is 0.815. The molecule has 0 aliphatic rings. The number of fused-ring (bicyclic) bond motifs is 1. The lowest BCUT2D eigenvalue weighted by atomic mass is 10.1. The van der Waals surface area contributed by atoms with Crippen molar-refractivity contribution < 1.29 is 8.42 Å². The van der Waals surface area contributed by atoms with E-state index in [-0.39, 0.29) is 4.90 Å². The van der Waals surface area contributed by atoms with Crippen LogP contribution in [0.4, 0.5) is 5.69 Å². The maximum absolute atomic E-state index is 11.8. The van der Waals surface area contributed by atoms with Crippen LogP contribution in [0.25, 0.3) is 10.8 Å². The lowest BCUT2D eigenvalue weighted by molar-refractivity contribution is 0.584. The topological polar surface area (TPSA) is 72.2 Å². The summed E-state index contributed by atoms with van der Waals surface area (Å²) in [6, 6.07) is 10.4. The molecule has 0 aromatic heterocycles. The number of hydrogen-bond donors (Lipinski definition) is 2. The Morgan fingerprint density at radius 2 is 1.76 bits per heavy atom. The van der Waals surface area contributed by atoms with Crippen LogP contribution in [0.3, 0.4) is 0 Å². The Kier molecular flexibility index (Phi) is 3.04. The van der Waals surface area contributed by atoms with Gasteiger partial charge in [0.25, 0.3) is 0 Å². The number of nitrogens with two attached hydrogens (primary N) is 1. The molecular formula is C12H14N2O2S. The van der Waals surface area contributed by atoms with Crippen LogP contribution in [0.1, 0.15) is 6.92 Å². The normalized spacial score (nSPS) is 11.8. The molecule has 3 N–H and O–H groups in total. The molecule has 2 aromatic rings. The summed E-state index contributed by atoms with van der Waals surface area (Å²) in [5.74, 6) is 0. The fraction of sp³-hybridized carbons (Fsp3) is 0.167. The van der Waals surface area contributed by atoms with Gasteiger partial charge in [-0.25, -0.2) is 13.1 Å². The van der Waals surface area contributed by atoms with Gasteiger partial charge in [-0.15, -0.1) is 0 Å². The van der Waals surface area contributed by atoms with Crippen molar-refractivity contribution in [2.75, 3.05) is 12.3 Å². The van der Waals surface area contributed by atoms with Crippen molar-refractivity contribution in [1.82, 2.24) is 4.72 Å². The van der Waals surface area contributed by atoms with Crippen LogP contribution >= 0.6 is 0 Å². The molecule has 0 unspecified atom stereocenters. The van der Waals surface area contributed by atoms with Gasteiger partial charge < -0.3 is 5.73 Å². The number of sulfonamides is 1. The van der Waals surface area contributed by atoms with E-state index >= 15 is 0 Å². The van der Waals surface area contributed by atoms with Crippen LogP contribution in [-0.4, -0.2) is 15.0 Å². The standard InChI is InChI=1S/C12H14N2O2S/c1-2-14-17(15,16)12-6-4-9-7-11(13)5-3-10(9)8-12/h3-8,14H,2,13H2,1H3. The second-order valence-corrected chi connectivity index (χ2v) is 5.54. The fourth-order valence-corrected chi connectivity index (χ4v) is 2.76. The van der Waals surface area contributed by atoms with Crippen LogP contribution in [0.2, 0.25) is 0 Å². The van der Waals surface area contributed by atoms with Gasteiger partial charge in [0.2, 0.25) is 10.0 Å². The summed E-state index contributed by atoms with van der Waals surface area (Å²) in [7, 11) is -3.39. The Hall–Kier alpha value is -1.59. The van der Waals surface area contributed by atoms with Crippen molar-refractivity contribution in [3.63, 3.8) is 0 Å². The van der Waals surface area contributed by atoms with Crippen molar-refractivity contribution in [3.05, 3.63) is 36.4 Å². The molecular weight excluding hydrogens is 236 g/mol. The van der Waals surface area contributed by atoms with Crippen LogP contribution < -0.4 is 10.5 Å². The van der Waals surface area contributed by atoms with Gasteiger partial charge in [0.1, 0.15) is 0 Å². The van der Waals surface area contributed by atoms with Gasteiger partial charge in [-0.1, -0.05) is 19.1 Å². The van der Waals surface area contributed by atoms with Crippen molar-refractivity contribution in [3.8, 4) is 0 Å². The summed E-state index contributed by atoms with van der Waals surface area (Å²) in [4.78, 5) is 0.275. The molecule has 2 aromatic carbocycles. The van der Waals surface area contributed by atoms with Crippen molar-refractivity contribution in [2.24, 2.45) is 0 Å². The lowest BCUT2D eigenvalue weighted by Gasteiger charge is -2.06. The Morgan fingerprint density at radius 1 is 1.12 bits per heavy atom. The first kappa shape index (κ1) is 11.9. The first-order chi connectivity index (χ1) is 8.03. The van der Waals surface area contributed by atoms with Gasteiger partial charge in [-0.05, 0) is 35.0 Å². The largest absolute Gasteiger partial charge is 0.399 e. The molecule has 0 atom stereocenters. The zero-order valence-corrected chi connectivity index (χ0v) is 10.3. The Balaban J connectivity index is 2.56. The molecule has 17 heavy (non-hydrogen) atoms. The fourth-order valence-electron chi connectivity index (χ4n) is 1.68. The van der Waals surface area contributed by atoms with Gasteiger partial charge in [-0.2, -0.15) is 0 Å². The predicted octanol–water partition coefficient (Wildman–Crippen LogP) is 1.72. The molecule has 0 heterocycles. The minimum Gasteiger partial charge on any atom is -0.399 e. The Morgan fingerprint density at radius 3 is 2.47 bits per heavy atom. The van der Waals surface area contributed by atoms with Gasteiger partial charge in [0, 0.05) is 12.2 Å². The highest BCUT2D eigenvalue weighted by Gasteiger charge is 2.12. The van der Waals surface area contributed by atoms with E-state index in [2.05, 4.69) is 4.72 Å². The molecule has 90 valence electrons. The van der Waals surface area contributed by atoms with Crippen LogP contribution in [0, 0.1) is 0 Å². The summed E-state index contributed by atoms with van der Waals surface area (Å²) >= 11 is 0. The number of rotatable bonds is 3. The first-order valence-electron chi connectivity index (χ1n) is 5.32. The zero-order chi connectivity index (χ0) is 12.5. The Bertz CT molecular complexity index is 651. The third kappa shape index (κ3) is 2.40. The minimum absolute atomic E-state index is 0.275. The predicted molar refractivity (Wildman–Crippen MR) is 69.2 cm³/mol. The molecule has 0 bridgehead atoms. The van der Waals surface area contributed by atoms with E-state index in [1.807, 2.05) is 12.1 Å². The van der Waals surface area contributed by atoms with Crippen molar-refractivity contribution in [1.29, 1.82) is 0 Å². The average molecular weight is 250 g/mol. The molecule has 0 radical (unpaired) electrons. The molecule has 0 fully saturated rings. The molecule has 4 nitrogen and oxygen atoms in total. The SMILES string of the molecule is CCNS(=O)(=O)c1ccc2cc(N)ccc2c1. The summed E-state index contributed by atoms with van der Waals surface area (Å²) in [6.07, 6.45) is 0. The summed E-state index contributed by atoms with van der Waals surface area (Å²) in [5, 5.41) is 1.79. The van der Waals surface area contributed by atoms with E-state index in [0.29, 0.717) is 12.2 Å². The van der Waals surface area contributed by atoms with E-state index in [9.17, 15) is 8.42 Å². The summed E-state index contributed by atoms with van der Waals surface area (Å²) < 4.78 is 26.1. The molecule has 0 amide bonds. The third-order valence-corrected chi connectivity index (χ3v) is 4.02. The minimum atomic E-state index is -3.39. The monoisotopic (exact) mass is 250 g/mol. The molecule has 5 heteroatoms. The van der Waals surface area contributed by atoms with Crippen molar-refractivity contribution in [2.45, 2.75) is 11.8 Å². The average Bonchev–Trinajstić information content (AvgIpc) is 2.28. The van der Waals surface area contributed by atoms with Crippen LogP contribution in [0.5, 0.6) is 0 Å². The highest BCUT2D eigenvalue weighted by atomic mass is 32.2. The van der Waals surface area contributed by atoms with Gasteiger partial charge in [0.05, 0.1) is 4.90 Å². The molecule has 0 saturated heterocycles. The van der Waals surface area contributed by atoms with Gasteiger partial charge in [-0.3, -0.25) is 0 Å². The second kappa shape index (κ2) is 4.35. The van der Waals surface area contributed by atoms with Gasteiger partial charge in [0.15, 0.2) is 0 Å². The number of hydrogen-bond acceptors (Lipinski definition) is 3. The van der Waals surface area contributed by atoms with E-state index in [4.69, 9.17) is 5.73 Å². The van der Waals surface area contributed by atoms with Crippen LogP contribution in [-0.2, 0) is 10.0 Å². The summed E-state index contributed by atoms with van der Waals surface area (Å²) in [5.41, 5.74) is 6.33. The molecule has 0 aliphatic heterocycles. The highest BCUT2D eigenvalue weighted by molar-refractivity contribution is 7.89. The number of nitrogens with one attached hydrogen (secondary N) is 1. The lowest BCUT2D eigenvalue weighted by Crippen LogP contribution is -2.22. The van der Waals surface area contributed by atoms with E-state index in [1.165, 1.54) is 0 Å². The zero-order valence-electron chi connectivity index (χ0n) is 9.47.